The topological polar surface area (TPSA) is 76.0 Å². The molecule has 6 heteroatoms. The maximum absolute atomic E-state index is 12.6. The third-order valence-corrected chi connectivity index (χ3v) is 4.48. The van der Waals surface area contributed by atoms with Gasteiger partial charge in [-0.3, -0.25) is 14.3 Å². The van der Waals surface area contributed by atoms with E-state index in [1.54, 1.807) is 10.9 Å². The van der Waals surface area contributed by atoms with Crippen molar-refractivity contribution in [2.75, 3.05) is 11.9 Å². The maximum atomic E-state index is 12.6. The lowest BCUT2D eigenvalue weighted by atomic mass is 9.78. The lowest BCUT2D eigenvalue weighted by Gasteiger charge is -2.29. The number of nitrogens with one attached hydrogen (secondary N) is 2. The van der Waals surface area contributed by atoms with Gasteiger partial charge in [0.2, 0.25) is 11.8 Å². The van der Waals surface area contributed by atoms with Crippen LogP contribution in [-0.4, -0.2) is 28.1 Å². The fourth-order valence-electron chi connectivity index (χ4n) is 2.98. The van der Waals surface area contributed by atoms with Crippen molar-refractivity contribution in [3.63, 3.8) is 0 Å². The van der Waals surface area contributed by atoms with Crippen LogP contribution in [0.2, 0.25) is 0 Å². The summed E-state index contributed by atoms with van der Waals surface area (Å²) >= 11 is 0. The van der Waals surface area contributed by atoms with E-state index >= 15 is 0 Å². The highest BCUT2D eigenvalue weighted by molar-refractivity contribution is 5.96. The van der Waals surface area contributed by atoms with Crippen LogP contribution in [0.5, 0.6) is 0 Å². The summed E-state index contributed by atoms with van der Waals surface area (Å²) in [4.78, 5) is 24.9. The van der Waals surface area contributed by atoms with Crippen LogP contribution in [0.15, 0.2) is 6.20 Å². The summed E-state index contributed by atoms with van der Waals surface area (Å²) in [5.41, 5.74) is 1.64. The number of rotatable bonds is 5. The summed E-state index contributed by atoms with van der Waals surface area (Å²) in [5.74, 6) is -0.500. The van der Waals surface area contributed by atoms with E-state index in [2.05, 4.69) is 15.7 Å². The molecular weight excluding hydrogens is 280 g/mol. The van der Waals surface area contributed by atoms with E-state index in [9.17, 15) is 9.59 Å². The number of anilines is 1. The van der Waals surface area contributed by atoms with Gasteiger partial charge in [-0.15, -0.1) is 0 Å². The molecule has 22 heavy (non-hydrogen) atoms. The largest absolute Gasteiger partial charge is 0.356 e. The number of amides is 2. The second-order valence-corrected chi connectivity index (χ2v) is 6.04. The van der Waals surface area contributed by atoms with Gasteiger partial charge in [0.15, 0.2) is 0 Å². The smallest absolute Gasteiger partial charge is 0.228 e. The molecule has 1 heterocycles. The predicted molar refractivity (Wildman–Crippen MR) is 85.3 cm³/mol. The maximum Gasteiger partial charge on any atom is 0.228 e. The second-order valence-electron chi connectivity index (χ2n) is 6.04. The lowest BCUT2D eigenvalue weighted by Crippen LogP contribution is -2.41. The van der Waals surface area contributed by atoms with Crippen molar-refractivity contribution in [1.29, 1.82) is 0 Å². The zero-order valence-electron chi connectivity index (χ0n) is 13.7. The predicted octanol–water partition coefficient (Wildman–Crippen LogP) is 2.00. The second kappa shape index (κ2) is 7.42. The molecule has 0 spiro atoms. The van der Waals surface area contributed by atoms with Gasteiger partial charge in [-0.2, -0.15) is 5.10 Å². The summed E-state index contributed by atoms with van der Waals surface area (Å²) in [6, 6.07) is 0. The van der Waals surface area contributed by atoms with E-state index in [-0.39, 0.29) is 23.7 Å². The first-order chi connectivity index (χ1) is 10.5. The Morgan fingerprint density at radius 3 is 2.45 bits per heavy atom. The van der Waals surface area contributed by atoms with E-state index in [1.807, 2.05) is 20.9 Å². The van der Waals surface area contributed by atoms with Crippen molar-refractivity contribution in [2.24, 2.45) is 18.9 Å². The molecule has 1 aromatic heterocycles. The number of hydrogen-bond acceptors (Lipinski definition) is 3. The molecule has 1 aliphatic carbocycles. The average molecular weight is 306 g/mol. The highest BCUT2D eigenvalue weighted by Crippen LogP contribution is 2.31. The summed E-state index contributed by atoms with van der Waals surface area (Å²) in [6.07, 6.45) is 6.14. The van der Waals surface area contributed by atoms with Gasteiger partial charge in [0.25, 0.3) is 0 Å². The van der Waals surface area contributed by atoms with Gasteiger partial charge < -0.3 is 10.6 Å². The molecule has 0 saturated heterocycles. The van der Waals surface area contributed by atoms with Crippen LogP contribution < -0.4 is 10.6 Å². The minimum Gasteiger partial charge on any atom is -0.356 e. The Balaban J connectivity index is 2.04. The summed E-state index contributed by atoms with van der Waals surface area (Å²) < 4.78 is 1.72. The number of nitrogens with zero attached hydrogens (tertiary/aromatic N) is 2. The van der Waals surface area contributed by atoms with Gasteiger partial charge in [-0.25, -0.2) is 0 Å². The van der Waals surface area contributed by atoms with Crippen LogP contribution in [0, 0.1) is 18.8 Å². The van der Waals surface area contributed by atoms with Gasteiger partial charge in [-0.05, 0) is 26.2 Å². The molecular formula is C16H26N4O2. The molecule has 6 nitrogen and oxygen atoms in total. The van der Waals surface area contributed by atoms with Crippen LogP contribution in [0.25, 0.3) is 0 Å². The van der Waals surface area contributed by atoms with Crippen LogP contribution >= 0.6 is 0 Å². The van der Waals surface area contributed by atoms with E-state index in [1.165, 1.54) is 0 Å². The Hall–Kier alpha value is -1.85. The van der Waals surface area contributed by atoms with Crippen molar-refractivity contribution < 1.29 is 9.59 Å². The normalized spacial score (nSPS) is 21.4. The zero-order valence-corrected chi connectivity index (χ0v) is 13.7. The monoisotopic (exact) mass is 306 g/mol. The van der Waals surface area contributed by atoms with Crippen LogP contribution in [0.1, 0.15) is 44.7 Å². The first-order valence-electron chi connectivity index (χ1n) is 8.11. The van der Waals surface area contributed by atoms with Gasteiger partial charge in [0, 0.05) is 25.4 Å². The number of hydrogen-bond donors (Lipinski definition) is 2. The zero-order chi connectivity index (χ0) is 16.1. The highest BCUT2D eigenvalue weighted by Gasteiger charge is 2.35. The molecule has 0 aliphatic heterocycles. The fourth-order valence-corrected chi connectivity index (χ4v) is 2.98. The van der Waals surface area contributed by atoms with E-state index in [0.29, 0.717) is 6.54 Å². The molecule has 1 aliphatic rings. The van der Waals surface area contributed by atoms with E-state index < -0.39 is 0 Å². The molecule has 2 amide bonds. The summed E-state index contributed by atoms with van der Waals surface area (Å²) in [5, 5.41) is 10.0. The van der Waals surface area contributed by atoms with E-state index in [4.69, 9.17) is 0 Å². The minimum atomic E-state index is -0.245. The summed E-state index contributed by atoms with van der Waals surface area (Å²) in [6.45, 7) is 4.61. The molecule has 0 radical (unpaired) electrons. The third kappa shape index (κ3) is 3.67. The highest BCUT2D eigenvalue weighted by atomic mass is 16.2. The van der Waals surface area contributed by atoms with Crippen molar-refractivity contribution in [2.45, 2.75) is 46.0 Å². The molecule has 0 unspecified atom stereocenters. The standard InChI is InChI=1S/C16H26N4O2/c1-4-9-17-15(21)12-7-5-6-8-13(12)16(22)19-14-10-18-20(3)11(14)2/h10,12-13H,4-9H2,1-3H3,(H,17,21)(H,19,22)/t12-,13+/m1/s1. The Morgan fingerprint density at radius 2 is 1.91 bits per heavy atom. The molecule has 2 rings (SSSR count). The third-order valence-electron chi connectivity index (χ3n) is 4.48. The van der Waals surface area contributed by atoms with E-state index in [0.717, 1.165) is 43.5 Å². The van der Waals surface area contributed by atoms with Gasteiger partial charge in [0.1, 0.15) is 0 Å². The lowest BCUT2D eigenvalue weighted by molar-refractivity contribution is -0.134. The summed E-state index contributed by atoms with van der Waals surface area (Å²) in [7, 11) is 1.84. The molecule has 0 aromatic carbocycles. The van der Waals surface area contributed by atoms with Crippen molar-refractivity contribution in [1.82, 2.24) is 15.1 Å². The van der Waals surface area contributed by atoms with Crippen LogP contribution in [0.3, 0.4) is 0 Å². The molecule has 2 atom stereocenters. The first-order valence-corrected chi connectivity index (χ1v) is 8.11. The first kappa shape index (κ1) is 16.5. The number of aryl methyl sites for hydroxylation is 1. The SMILES string of the molecule is CCCNC(=O)[C@@H]1CCCC[C@@H]1C(=O)Nc1cnn(C)c1C. The molecule has 1 fully saturated rings. The molecule has 122 valence electrons. The Morgan fingerprint density at radius 1 is 1.27 bits per heavy atom. The Kier molecular flexibility index (Phi) is 5.57. The molecule has 2 N–H and O–H groups in total. The average Bonchev–Trinajstić information content (AvgIpc) is 2.84. The Bertz CT molecular complexity index is 538. The van der Waals surface area contributed by atoms with Crippen molar-refractivity contribution in [3.05, 3.63) is 11.9 Å². The van der Waals surface area contributed by atoms with Gasteiger partial charge in [0.05, 0.1) is 17.6 Å². The van der Waals surface area contributed by atoms with Crippen molar-refractivity contribution >= 4 is 17.5 Å². The fraction of sp³-hybridized carbons (Fsp3) is 0.688. The number of aromatic nitrogens is 2. The quantitative estimate of drug-likeness (QED) is 0.873. The van der Waals surface area contributed by atoms with Crippen LogP contribution in [-0.2, 0) is 16.6 Å². The number of carbonyl (C=O) groups is 2. The van der Waals surface area contributed by atoms with Crippen LogP contribution in [0.4, 0.5) is 5.69 Å². The molecule has 0 bridgehead atoms. The van der Waals surface area contributed by atoms with Gasteiger partial charge in [-0.1, -0.05) is 19.8 Å². The van der Waals surface area contributed by atoms with Gasteiger partial charge >= 0.3 is 0 Å². The molecule has 1 aromatic rings. The Labute approximate surface area is 131 Å². The van der Waals surface area contributed by atoms with Crippen molar-refractivity contribution in [3.8, 4) is 0 Å². The molecule has 1 saturated carbocycles. The minimum absolute atomic E-state index is 0.0182. The number of carbonyl (C=O) groups excluding carboxylic acids is 2.